The topological polar surface area (TPSA) is 66.3 Å². The van der Waals surface area contributed by atoms with Gasteiger partial charge >= 0.3 is 5.97 Å². The zero-order valence-electron chi connectivity index (χ0n) is 9.95. The highest BCUT2D eigenvalue weighted by atomic mass is 16.4. The summed E-state index contributed by atoms with van der Waals surface area (Å²) in [5.74, 6) is -1.01. The Bertz CT molecular complexity index is 543. The van der Waals surface area contributed by atoms with E-state index in [1.807, 2.05) is 42.3 Å². The van der Waals surface area contributed by atoms with Crippen LogP contribution in [-0.4, -0.2) is 28.1 Å². The van der Waals surface area contributed by atoms with Crippen molar-refractivity contribution in [3.8, 4) is 0 Å². The molecule has 0 saturated heterocycles. The number of hydrogen-bond donors (Lipinski definition) is 1. The molecule has 0 fully saturated rings. The Morgan fingerprint density at radius 3 is 2.72 bits per heavy atom. The van der Waals surface area contributed by atoms with Crippen molar-refractivity contribution in [1.29, 1.82) is 0 Å². The Morgan fingerprint density at radius 2 is 2.06 bits per heavy atom. The number of aromatic carboxylic acids is 1. The Balaban J connectivity index is 2.22. The highest BCUT2D eigenvalue weighted by Crippen LogP contribution is 2.15. The van der Waals surface area contributed by atoms with Crippen LogP contribution in [0.5, 0.6) is 0 Å². The predicted octanol–water partition coefficient (Wildman–Crippen LogP) is 1.81. The molecule has 0 radical (unpaired) electrons. The fraction of sp³-hybridized carbons (Fsp3) is 0.154. The minimum atomic E-state index is -1.01. The Kier molecular flexibility index (Phi) is 3.52. The van der Waals surface area contributed by atoms with Crippen molar-refractivity contribution < 1.29 is 9.90 Å². The van der Waals surface area contributed by atoms with E-state index in [9.17, 15) is 4.79 Å². The average Bonchev–Trinajstić information content (AvgIpc) is 2.40. The number of anilines is 1. The van der Waals surface area contributed by atoms with Crippen molar-refractivity contribution in [2.45, 2.75) is 6.54 Å². The molecule has 1 aromatic carbocycles. The lowest BCUT2D eigenvalue weighted by Crippen LogP contribution is -2.19. The van der Waals surface area contributed by atoms with Gasteiger partial charge in [-0.2, -0.15) is 0 Å². The van der Waals surface area contributed by atoms with E-state index in [-0.39, 0.29) is 5.56 Å². The summed E-state index contributed by atoms with van der Waals surface area (Å²) >= 11 is 0. The van der Waals surface area contributed by atoms with E-state index in [1.54, 1.807) is 0 Å². The first-order valence-corrected chi connectivity index (χ1v) is 5.47. The molecular formula is C13H13N3O2. The lowest BCUT2D eigenvalue weighted by Gasteiger charge is -2.19. The van der Waals surface area contributed by atoms with Crippen molar-refractivity contribution in [2.75, 3.05) is 11.9 Å². The molecule has 92 valence electrons. The van der Waals surface area contributed by atoms with Crippen LogP contribution in [0.4, 0.5) is 5.69 Å². The van der Waals surface area contributed by atoms with Crippen molar-refractivity contribution in [2.24, 2.45) is 0 Å². The minimum absolute atomic E-state index is 0.139. The van der Waals surface area contributed by atoms with E-state index in [4.69, 9.17) is 5.11 Å². The van der Waals surface area contributed by atoms with Crippen LogP contribution < -0.4 is 4.90 Å². The van der Waals surface area contributed by atoms with Crippen LogP contribution in [0.1, 0.15) is 16.1 Å². The molecule has 1 aromatic heterocycles. The van der Waals surface area contributed by atoms with Crippen LogP contribution in [-0.2, 0) is 6.54 Å². The molecular weight excluding hydrogens is 230 g/mol. The Hall–Kier alpha value is -2.43. The smallest absolute Gasteiger partial charge is 0.339 e. The molecule has 0 unspecified atom stereocenters. The first kappa shape index (κ1) is 12.0. The number of carboxylic acid groups (broad SMARTS) is 1. The summed E-state index contributed by atoms with van der Waals surface area (Å²) in [4.78, 5) is 20.7. The van der Waals surface area contributed by atoms with Crippen LogP contribution in [0.2, 0.25) is 0 Å². The zero-order valence-corrected chi connectivity index (χ0v) is 9.95. The second kappa shape index (κ2) is 5.27. The van der Waals surface area contributed by atoms with Gasteiger partial charge in [0.1, 0.15) is 11.9 Å². The molecule has 0 bridgehead atoms. The molecule has 1 heterocycles. The number of nitrogens with zero attached hydrogens (tertiary/aromatic N) is 3. The normalized spacial score (nSPS) is 10.1. The summed E-state index contributed by atoms with van der Waals surface area (Å²) in [5, 5.41) is 9.05. The van der Waals surface area contributed by atoms with Gasteiger partial charge in [-0.3, -0.25) is 0 Å². The molecule has 5 heteroatoms. The molecule has 2 aromatic rings. The third kappa shape index (κ3) is 2.63. The van der Waals surface area contributed by atoms with Crippen LogP contribution in [0.15, 0.2) is 42.9 Å². The van der Waals surface area contributed by atoms with E-state index in [0.29, 0.717) is 12.2 Å². The third-order valence-electron chi connectivity index (χ3n) is 2.61. The highest BCUT2D eigenvalue weighted by molar-refractivity contribution is 5.88. The maximum absolute atomic E-state index is 11.0. The van der Waals surface area contributed by atoms with Gasteiger partial charge in [-0.25, -0.2) is 14.8 Å². The molecule has 1 N–H and O–H groups in total. The van der Waals surface area contributed by atoms with Gasteiger partial charge < -0.3 is 10.0 Å². The molecule has 0 saturated carbocycles. The number of hydrogen-bond acceptors (Lipinski definition) is 4. The third-order valence-corrected chi connectivity index (χ3v) is 2.61. The number of carboxylic acids is 1. The lowest BCUT2D eigenvalue weighted by atomic mass is 10.2. The number of para-hydroxylation sites is 1. The molecule has 18 heavy (non-hydrogen) atoms. The number of aromatic nitrogens is 2. The van der Waals surface area contributed by atoms with E-state index in [2.05, 4.69) is 9.97 Å². The van der Waals surface area contributed by atoms with E-state index < -0.39 is 5.97 Å². The number of benzene rings is 1. The molecule has 2 rings (SSSR count). The molecule has 5 nitrogen and oxygen atoms in total. The van der Waals surface area contributed by atoms with Gasteiger partial charge in [0.2, 0.25) is 0 Å². The summed E-state index contributed by atoms with van der Waals surface area (Å²) in [6.07, 6.45) is 2.68. The Labute approximate surface area is 105 Å². The van der Waals surface area contributed by atoms with E-state index >= 15 is 0 Å². The van der Waals surface area contributed by atoms with Crippen LogP contribution in [0, 0.1) is 0 Å². The van der Waals surface area contributed by atoms with E-state index in [1.165, 1.54) is 12.5 Å². The summed E-state index contributed by atoms with van der Waals surface area (Å²) in [6.45, 7) is 0.425. The molecule has 0 aliphatic heterocycles. The zero-order chi connectivity index (χ0) is 13.0. The van der Waals surface area contributed by atoms with Gasteiger partial charge in [-0.05, 0) is 12.1 Å². The first-order chi connectivity index (χ1) is 8.68. The van der Waals surface area contributed by atoms with Crippen LogP contribution in [0.25, 0.3) is 0 Å². The van der Waals surface area contributed by atoms with Gasteiger partial charge in [0, 0.05) is 18.9 Å². The molecule has 0 aliphatic rings. The summed E-state index contributed by atoms with van der Waals surface area (Å²) in [7, 11) is 1.89. The maximum Gasteiger partial charge on any atom is 0.339 e. The maximum atomic E-state index is 11.0. The highest BCUT2D eigenvalue weighted by Gasteiger charge is 2.13. The quantitative estimate of drug-likeness (QED) is 0.887. The second-order valence-corrected chi connectivity index (χ2v) is 3.88. The van der Waals surface area contributed by atoms with Gasteiger partial charge in [0.05, 0.1) is 12.2 Å². The Morgan fingerprint density at radius 1 is 1.33 bits per heavy atom. The molecule has 0 aliphatic carbocycles. The molecule has 0 amide bonds. The molecule has 0 atom stereocenters. The largest absolute Gasteiger partial charge is 0.478 e. The van der Waals surface area contributed by atoms with E-state index in [0.717, 1.165) is 5.69 Å². The lowest BCUT2D eigenvalue weighted by molar-refractivity contribution is 0.0694. The first-order valence-electron chi connectivity index (χ1n) is 5.47. The predicted molar refractivity (Wildman–Crippen MR) is 67.5 cm³/mol. The van der Waals surface area contributed by atoms with Crippen molar-refractivity contribution >= 4 is 11.7 Å². The monoisotopic (exact) mass is 243 g/mol. The summed E-state index contributed by atoms with van der Waals surface area (Å²) in [6, 6.07) is 9.72. The molecule has 0 spiro atoms. The minimum Gasteiger partial charge on any atom is -0.478 e. The summed E-state index contributed by atoms with van der Waals surface area (Å²) in [5.41, 5.74) is 1.65. The van der Waals surface area contributed by atoms with Crippen molar-refractivity contribution in [1.82, 2.24) is 9.97 Å². The van der Waals surface area contributed by atoms with Gasteiger partial charge in [0.25, 0.3) is 0 Å². The van der Waals surface area contributed by atoms with Gasteiger partial charge in [-0.1, -0.05) is 18.2 Å². The standard InChI is InChI=1S/C13H13N3O2/c1-16(10-5-3-2-4-6-10)8-12-11(13(17)18)7-14-9-15-12/h2-7,9H,8H2,1H3,(H,17,18). The number of rotatable bonds is 4. The summed E-state index contributed by atoms with van der Waals surface area (Å²) < 4.78 is 0. The van der Waals surface area contributed by atoms with Crippen molar-refractivity contribution in [3.05, 3.63) is 54.1 Å². The second-order valence-electron chi connectivity index (χ2n) is 3.88. The number of carbonyl (C=O) groups is 1. The van der Waals surface area contributed by atoms with Crippen LogP contribution in [0.3, 0.4) is 0 Å². The fourth-order valence-corrected chi connectivity index (χ4v) is 1.66. The van der Waals surface area contributed by atoms with Crippen LogP contribution >= 0.6 is 0 Å². The van der Waals surface area contributed by atoms with Crippen molar-refractivity contribution in [3.63, 3.8) is 0 Å². The van der Waals surface area contributed by atoms with Gasteiger partial charge in [-0.15, -0.1) is 0 Å². The SMILES string of the molecule is CN(Cc1ncncc1C(=O)O)c1ccccc1. The fourth-order valence-electron chi connectivity index (χ4n) is 1.66. The van der Waals surface area contributed by atoms with Gasteiger partial charge in [0.15, 0.2) is 0 Å². The average molecular weight is 243 g/mol.